The van der Waals surface area contributed by atoms with Crippen LogP contribution in [-0.2, 0) is 11.0 Å². The second-order valence-corrected chi connectivity index (χ2v) is 7.39. The summed E-state index contributed by atoms with van der Waals surface area (Å²) >= 11 is 0. The molecule has 9 heteroatoms. The van der Waals surface area contributed by atoms with Crippen LogP contribution in [0.3, 0.4) is 0 Å². The molecule has 0 fully saturated rings. The molecule has 0 saturated heterocycles. The third-order valence-corrected chi connectivity index (χ3v) is 3.80. The first-order valence-electron chi connectivity index (χ1n) is 8.38. The highest BCUT2D eigenvalue weighted by atomic mass is 19.4. The van der Waals surface area contributed by atoms with Crippen molar-refractivity contribution in [2.75, 3.05) is 5.32 Å². The lowest BCUT2D eigenvalue weighted by molar-refractivity contribution is -0.141. The van der Waals surface area contributed by atoms with Crippen molar-refractivity contribution < 1.29 is 18.0 Å². The van der Waals surface area contributed by atoms with Crippen molar-refractivity contribution in [2.45, 2.75) is 45.8 Å². The van der Waals surface area contributed by atoms with Crippen LogP contribution in [0, 0.1) is 5.41 Å². The van der Waals surface area contributed by atoms with Gasteiger partial charge >= 0.3 is 6.18 Å². The van der Waals surface area contributed by atoms with Gasteiger partial charge in [-0.2, -0.15) is 13.2 Å². The average Bonchev–Trinajstić information content (AvgIpc) is 2.57. The molecule has 0 aromatic carbocycles. The molecule has 0 spiro atoms. The number of aromatic nitrogens is 3. The molecule has 3 N–H and O–H groups in total. The molecule has 0 bridgehead atoms. The van der Waals surface area contributed by atoms with E-state index in [9.17, 15) is 18.0 Å². The lowest BCUT2D eigenvalue weighted by Crippen LogP contribution is -2.36. The summed E-state index contributed by atoms with van der Waals surface area (Å²) in [5.74, 6) is -0.882. The molecule has 0 saturated carbocycles. The molecule has 6 nitrogen and oxygen atoms in total. The fourth-order valence-electron chi connectivity index (χ4n) is 2.34. The summed E-state index contributed by atoms with van der Waals surface area (Å²) in [5.41, 5.74) is 4.63. The highest BCUT2D eigenvalue weighted by molar-refractivity contribution is 5.82. The van der Waals surface area contributed by atoms with Crippen LogP contribution in [0.1, 0.15) is 39.3 Å². The van der Waals surface area contributed by atoms with Crippen molar-refractivity contribution in [3.05, 3.63) is 36.3 Å². The van der Waals surface area contributed by atoms with Gasteiger partial charge in [0.15, 0.2) is 11.5 Å². The van der Waals surface area contributed by atoms with Crippen LogP contribution >= 0.6 is 0 Å². The van der Waals surface area contributed by atoms with Crippen molar-refractivity contribution in [1.29, 1.82) is 0 Å². The van der Waals surface area contributed by atoms with Crippen LogP contribution in [0.4, 0.5) is 19.0 Å². The van der Waals surface area contributed by atoms with Gasteiger partial charge in [0.25, 0.3) is 0 Å². The Morgan fingerprint density at radius 1 is 1.19 bits per heavy atom. The van der Waals surface area contributed by atoms with E-state index in [1.54, 1.807) is 0 Å². The quantitative estimate of drug-likeness (QED) is 0.797. The summed E-state index contributed by atoms with van der Waals surface area (Å²) < 4.78 is 39.7. The van der Waals surface area contributed by atoms with E-state index in [4.69, 9.17) is 5.73 Å². The Hall–Kier alpha value is -2.71. The minimum Gasteiger partial charge on any atom is -0.368 e. The van der Waals surface area contributed by atoms with Gasteiger partial charge in [0.1, 0.15) is 11.9 Å². The standard InChI is InChI=1S/C18H22F3N5O/c1-17(2,3)7-4-12(15(22)27)24-14-10-13(18(19,20)21)25-16(26-14)11-5-8-23-9-6-11/h5-6,8-10,12H,4,7H2,1-3H3,(H2,22,27)(H,24,25,26)/t12-/m0/s1. The number of nitrogens with one attached hydrogen (secondary N) is 1. The van der Waals surface area contributed by atoms with Crippen molar-refractivity contribution >= 4 is 11.7 Å². The van der Waals surface area contributed by atoms with Crippen molar-refractivity contribution in [3.8, 4) is 11.4 Å². The Kier molecular flexibility index (Phi) is 6.02. The summed E-state index contributed by atoms with van der Waals surface area (Å²) in [7, 11) is 0. The molecule has 2 aromatic heterocycles. The Morgan fingerprint density at radius 2 is 1.81 bits per heavy atom. The average molecular weight is 381 g/mol. The maximum absolute atomic E-state index is 13.2. The molecular formula is C18H22F3N5O. The second-order valence-electron chi connectivity index (χ2n) is 7.39. The van der Waals surface area contributed by atoms with Crippen LogP contribution in [-0.4, -0.2) is 26.9 Å². The van der Waals surface area contributed by atoms with E-state index in [0.29, 0.717) is 18.4 Å². The number of pyridine rings is 1. The number of halogens is 3. The molecule has 0 aliphatic rings. The Morgan fingerprint density at radius 3 is 2.33 bits per heavy atom. The van der Waals surface area contributed by atoms with Gasteiger partial charge in [-0.25, -0.2) is 9.97 Å². The number of alkyl halides is 3. The molecule has 0 unspecified atom stereocenters. The van der Waals surface area contributed by atoms with Crippen LogP contribution in [0.2, 0.25) is 0 Å². The second kappa shape index (κ2) is 7.89. The first kappa shape index (κ1) is 20.6. The maximum atomic E-state index is 13.2. The van der Waals surface area contributed by atoms with Crippen molar-refractivity contribution in [2.24, 2.45) is 11.1 Å². The minimum absolute atomic E-state index is 0.0552. The monoisotopic (exact) mass is 381 g/mol. The molecule has 1 atom stereocenters. The van der Waals surface area contributed by atoms with Gasteiger partial charge in [0.05, 0.1) is 0 Å². The third kappa shape index (κ3) is 6.19. The van der Waals surface area contributed by atoms with Gasteiger partial charge in [-0.1, -0.05) is 20.8 Å². The van der Waals surface area contributed by atoms with Crippen LogP contribution in [0.5, 0.6) is 0 Å². The molecule has 0 aliphatic heterocycles. The van der Waals surface area contributed by atoms with E-state index in [2.05, 4.69) is 20.3 Å². The summed E-state index contributed by atoms with van der Waals surface area (Å²) in [6.07, 6.45) is -0.769. The van der Waals surface area contributed by atoms with Gasteiger partial charge in [-0.15, -0.1) is 0 Å². The zero-order valence-corrected chi connectivity index (χ0v) is 15.3. The number of nitrogens with zero attached hydrogens (tertiary/aromatic N) is 3. The molecule has 2 rings (SSSR count). The molecule has 146 valence electrons. The van der Waals surface area contributed by atoms with E-state index in [1.807, 2.05) is 20.8 Å². The Balaban J connectivity index is 2.38. The van der Waals surface area contributed by atoms with E-state index in [1.165, 1.54) is 24.5 Å². The van der Waals surface area contributed by atoms with Crippen LogP contribution in [0.25, 0.3) is 11.4 Å². The number of amides is 1. The predicted molar refractivity (Wildman–Crippen MR) is 95.6 cm³/mol. The Bertz CT molecular complexity index is 788. The van der Waals surface area contributed by atoms with Gasteiger partial charge in [0, 0.05) is 24.0 Å². The molecule has 0 aliphatic carbocycles. The molecule has 2 aromatic rings. The van der Waals surface area contributed by atoms with Crippen molar-refractivity contribution in [1.82, 2.24) is 15.0 Å². The summed E-state index contributed by atoms with van der Waals surface area (Å²) in [6, 6.07) is 2.94. The summed E-state index contributed by atoms with van der Waals surface area (Å²) in [4.78, 5) is 23.3. The van der Waals surface area contributed by atoms with Crippen LogP contribution in [0.15, 0.2) is 30.6 Å². The number of carbonyl (C=O) groups is 1. The SMILES string of the molecule is CC(C)(C)CC[C@H](Nc1cc(C(F)(F)F)nc(-c2ccncc2)n1)C(N)=O. The largest absolute Gasteiger partial charge is 0.433 e. The summed E-state index contributed by atoms with van der Waals surface area (Å²) in [5, 5.41) is 2.73. The van der Waals surface area contributed by atoms with E-state index in [-0.39, 0.29) is 17.1 Å². The van der Waals surface area contributed by atoms with Gasteiger partial charge in [-0.05, 0) is 30.4 Å². The number of hydrogen-bond donors (Lipinski definition) is 2. The molecule has 27 heavy (non-hydrogen) atoms. The molecule has 1 amide bonds. The van der Waals surface area contributed by atoms with Gasteiger partial charge < -0.3 is 11.1 Å². The van der Waals surface area contributed by atoms with Gasteiger partial charge in [-0.3, -0.25) is 9.78 Å². The van der Waals surface area contributed by atoms with Crippen LogP contribution < -0.4 is 11.1 Å². The highest BCUT2D eigenvalue weighted by Gasteiger charge is 2.34. The first-order chi connectivity index (χ1) is 12.5. The number of nitrogens with two attached hydrogens (primary N) is 1. The fourth-order valence-corrected chi connectivity index (χ4v) is 2.34. The molecule has 0 radical (unpaired) electrons. The molecular weight excluding hydrogens is 359 g/mol. The van der Waals surface area contributed by atoms with E-state index < -0.39 is 23.8 Å². The number of hydrogen-bond acceptors (Lipinski definition) is 5. The fraction of sp³-hybridized carbons (Fsp3) is 0.444. The maximum Gasteiger partial charge on any atom is 0.433 e. The highest BCUT2D eigenvalue weighted by Crippen LogP contribution is 2.31. The Labute approximate surface area is 155 Å². The number of anilines is 1. The van der Waals surface area contributed by atoms with Crippen molar-refractivity contribution in [3.63, 3.8) is 0 Å². The number of carbonyl (C=O) groups excluding carboxylic acids is 1. The lowest BCUT2D eigenvalue weighted by atomic mass is 9.88. The van der Waals surface area contributed by atoms with E-state index >= 15 is 0 Å². The predicted octanol–water partition coefficient (Wildman–Crippen LogP) is 3.65. The molecule has 2 heterocycles. The number of rotatable bonds is 6. The summed E-state index contributed by atoms with van der Waals surface area (Å²) in [6.45, 7) is 6.00. The minimum atomic E-state index is -4.66. The first-order valence-corrected chi connectivity index (χ1v) is 8.38. The zero-order valence-electron chi connectivity index (χ0n) is 15.3. The topological polar surface area (TPSA) is 93.8 Å². The van der Waals surface area contributed by atoms with Gasteiger partial charge in [0.2, 0.25) is 5.91 Å². The third-order valence-electron chi connectivity index (χ3n) is 3.80. The van der Waals surface area contributed by atoms with E-state index in [0.717, 1.165) is 6.07 Å². The number of primary amides is 1. The zero-order chi connectivity index (χ0) is 20.2. The smallest absolute Gasteiger partial charge is 0.368 e. The lowest BCUT2D eigenvalue weighted by Gasteiger charge is -2.23. The normalized spacial score (nSPS) is 13.3.